The smallest absolute Gasteiger partial charge is 0.273 e. The molecular formula is C16H20N4O3. The van der Waals surface area contributed by atoms with E-state index in [1.165, 1.54) is 6.92 Å². The molecule has 1 N–H and O–H groups in total. The summed E-state index contributed by atoms with van der Waals surface area (Å²) in [5, 5.41) is 2.85. The second-order valence-electron chi connectivity index (χ2n) is 6.19. The monoisotopic (exact) mass is 316 g/mol. The molecule has 2 fully saturated rings. The molecule has 2 aliphatic heterocycles. The van der Waals surface area contributed by atoms with E-state index in [4.69, 9.17) is 0 Å². The molecule has 2 aliphatic rings. The number of hydrogen-bond donors (Lipinski definition) is 1. The van der Waals surface area contributed by atoms with Gasteiger partial charge in [0.25, 0.3) is 5.91 Å². The minimum Gasteiger partial charge on any atom is -0.352 e. The van der Waals surface area contributed by atoms with Gasteiger partial charge in [-0.2, -0.15) is 0 Å². The Labute approximate surface area is 134 Å². The first-order valence-electron chi connectivity index (χ1n) is 7.73. The molecule has 2 atom stereocenters. The van der Waals surface area contributed by atoms with E-state index in [9.17, 15) is 14.4 Å². The van der Waals surface area contributed by atoms with Crippen LogP contribution in [0.5, 0.6) is 0 Å². The number of nitrogens with zero attached hydrogens (tertiary/aromatic N) is 3. The minimum atomic E-state index is -0.209. The molecule has 122 valence electrons. The van der Waals surface area contributed by atoms with Gasteiger partial charge in [-0.05, 0) is 25.0 Å². The molecule has 2 saturated heterocycles. The largest absolute Gasteiger partial charge is 0.352 e. The van der Waals surface area contributed by atoms with Crippen molar-refractivity contribution in [3.63, 3.8) is 0 Å². The number of carbonyl (C=O) groups excluding carboxylic acids is 3. The number of nitrogens with one attached hydrogen (secondary N) is 1. The Morgan fingerprint density at radius 1 is 1.35 bits per heavy atom. The van der Waals surface area contributed by atoms with Crippen molar-refractivity contribution in [1.82, 2.24) is 20.1 Å². The topological polar surface area (TPSA) is 82.6 Å². The second kappa shape index (κ2) is 5.98. The van der Waals surface area contributed by atoms with Gasteiger partial charge in [0.05, 0.1) is 6.04 Å². The number of aromatic nitrogens is 1. The molecule has 7 nitrogen and oxygen atoms in total. The molecule has 7 heteroatoms. The normalized spacial score (nSPS) is 23.7. The summed E-state index contributed by atoms with van der Waals surface area (Å²) >= 11 is 0. The summed E-state index contributed by atoms with van der Waals surface area (Å²) in [5.74, 6) is -0.380. The average Bonchev–Trinajstić information content (AvgIpc) is 2.89. The number of rotatable bonds is 2. The summed E-state index contributed by atoms with van der Waals surface area (Å²) in [6.07, 6.45) is 2.26. The zero-order valence-corrected chi connectivity index (χ0v) is 13.3. The van der Waals surface area contributed by atoms with Gasteiger partial charge in [-0.1, -0.05) is 6.07 Å². The molecule has 0 spiro atoms. The minimum absolute atomic E-state index is 0.0342. The van der Waals surface area contributed by atoms with E-state index in [2.05, 4.69) is 10.3 Å². The zero-order valence-electron chi connectivity index (χ0n) is 13.3. The molecule has 3 heterocycles. The fourth-order valence-corrected chi connectivity index (χ4v) is 3.37. The Kier molecular flexibility index (Phi) is 4.02. The maximum Gasteiger partial charge on any atom is 0.273 e. The molecule has 1 aromatic rings. The Morgan fingerprint density at radius 2 is 2.13 bits per heavy atom. The molecule has 0 aliphatic carbocycles. The lowest BCUT2D eigenvalue weighted by atomic mass is 10.1. The van der Waals surface area contributed by atoms with Gasteiger partial charge in [0.2, 0.25) is 11.8 Å². The van der Waals surface area contributed by atoms with Gasteiger partial charge in [-0.3, -0.25) is 19.4 Å². The fraction of sp³-hybridized carbons (Fsp3) is 0.500. The Morgan fingerprint density at radius 3 is 2.83 bits per heavy atom. The third-order valence-corrected chi connectivity index (χ3v) is 4.40. The van der Waals surface area contributed by atoms with Crippen molar-refractivity contribution >= 4 is 17.7 Å². The lowest BCUT2D eigenvalue weighted by Crippen LogP contribution is -2.55. The maximum absolute atomic E-state index is 12.6. The van der Waals surface area contributed by atoms with Crippen molar-refractivity contribution < 1.29 is 14.4 Å². The molecule has 23 heavy (non-hydrogen) atoms. The first-order valence-corrected chi connectivity index (χ1v) is 7.73. The highest BCUT2D eigenvalue weighted by atomic mass is 16.2. The van der Waals surface area contributed by atoms with Crippen molar-refractivity contribution in [3.05, 3.63) is 29.6 Å². The number of hydrogen-bond acceptors (Lipinski definition) is 4. The summed E-state index contributed by atoms with van der Waals surface area (Å²) in [4.78, 5) is 43.7. The fourth-order valence-electron chi connectivity index (χ4n) is 3.37. The number of amides is 3. The molecule has 0 bridgehead atoms. The van der Waals surface area contributed by atoms with Gasteiger partial charge < -0.3 is 15.1 Å². The summed E-state index contributed by atoms with van der Waals surface area (Å²) in [5.41, 5.74) is 1.19. The molecule has 3 rings (SSSR count). The van der Waals surface area contributed by atoms with Crippen LogP contribution >= 0.6 is 0 Å². The number of carbonyl (C=O) groups is 3. The lowest BCUT2D eigenvalue weighted by molar-refractivity contribution is -0.136. The molecule has 0 unspecified atom stereocenters. The predicted molar refractivity (Wildman–Crippen MR) is 82.6 cm³/mol. The second-order valence-corrected chi connectivity index (χ2v) is 6.19. The number of aryl methyl sites for hydroxylation is 1. The third-order valence-electron chi connectivity index (χ3n) is 4.40. The van der Waals surface area contributed by atoms with E-state index in [1.807, 2.05) is 13.0 Å². The van der Waals surface area contributed by atoms with Crippen LogP contribution in [0.4, 0.5) is 0 Å². The van der Waals surface area contributed by atoms with Gasteiger partial charge in [0.1, 0.15) is 12.2 Å². The van der Waals surface area contributed by atoms with Crippen molar-refractivity contribution in [2.45, 2.75) is 32.4 Å². The first kappa shape index (κ1) is 15.5. The summed E-state index contributed by atoms with van der Waals surface area (Å²) in [6, 6.07) is 3.54. The predicted octanol–water partition coefficient (Wildman–Crippen LogP) is -0.0486. The van der Waals surface area contributed by atoms with Crippen molar-refractivity contribution in [3.8, 4) is 0 Å². The van der Waals surface area contributed by atoms with Crippen LogP contribution in [0.3, 0.4) is 0 Å². The molecule has 0 radical (unpaired) electrons. The van der Waals surface area contributed by atoms with E-state index in [0.717, 1.165) is 5.56 Å². The van der Waals surface area contributed by atoms with Crippen LogP contribution in [0.15, 0.2) is 18.3 Å². The quantitative estimate of drug-likeness (QED) is 0.829. The summed E-state index contributed by atoms with van der Waals surface area (Å²) < 4.78 is 0. The van der Waals surface area contributed by atoms with Crippen LogP contribution in [0.1, 0.15) is 29.4 Å². The van der Waals surface area contributed by atoms with Crippen molar-refractivity contribution in [2.75, 3.05) is 19.6 Å². The van der Waals surface area contributed by atoms with Crippen LogP contribution in [0.25, 0.3) is 0 Å². The highest BCUT2D eigenvalue weighted by Crippen LogP contribution is 2.24. The van der Waals surface area contributed by atoms with Crippen LogP contribution in [-0.4, -0.2) is 64.2 Å². The van der Waals surface area contributed by atoms with Gasteiger partial charge in [-0.15, -0.1) is 0 Å². The average molecular weight is 316 g/mol. The number of piperazine rings is 1. The molecule has 1 aromatic heterocycles. The van der Waals surface area contributed by atoms with E-state index in [0.29, 0.717) is 25.2 Å². The molecular weight excluding hydrogens is 296 g/mol. The van der Waals surface area contributed by atoms with Crippen LogP contribution in [0.2, 0.25) is 0 Å². The van der Waals surface area contributed by atoms with Crippen LogP contribution in [0, 0.1) is 6.92 Å². The Bertz CT molecular complexity index is 660. The zero-order chi connectivity index (χ0) is 16.6. The van der Waals surface area contributed by atoms with E-state index >= 15 is 0 Å². The SMILES string of the molecule is CC(=O)N[C@H]1C[C@H]2CN(C(=O)c3ncccc3C)CC(=O)N2C1. The Balaban J connectivity index is 1.73. The van der Waals surface area contributed by atoms with Gasteiger partial charge in [0, 0.05) is 32.3 Å². The van der Waals surface area contributed by atoms with Crippen LogP contribution in [-0.2, 0) is 9.59 Å². The van der Waals surface area contributed by atoms with E-state index in [-0.39, 0.29) is 36.3 Å². The lowest BCUT2D eigenvalue weighted by Gasteiger charge is -2.36. The number of pyridine rings is 1. The standard InChI is InChI=1S/C16H20N4O3/c1-10-4-3-5-17-15(10)16(23)19-8-13-6-12(18-11(2)21)7-20(13)14(22)9-19/h3-5,12-13H,6-9H2,1-2H3,(H,18,21)/t12-,13-/m0/s1. The maximum atomic E-state index is 12.6. The molecule has 0 saturated carbocycles. The highest BCUT2D eigenvalue weighted by molar-refractivity contribution is 5.96. The first-order chi connectivity index (χ1) is 11.0. The molecule has 3 amide bonds. The van der Waals surface area contributed by atoms with Gasteiger partial charge >= 0.3 is 0 Å². The summed E-state index contributed by atoms with van der Waals surface area (Å²) in [6.45, 7) is 4.38. The summed E-state index contributed by atoms with van der Waals surface area (Å²) in [7, 11) is 0. The molecule has 0 aromatic carbocycles. The third kappa shape index (κ3) is 3.04. The highest BCUT2D eigenvalue weighted by Gasteiger charge is 2.42. The van der Waals surface area contributed by atoms with Crippen LogP contribution < -0.4 is 5.32 Å². The van der Waals surface area contributed by atoms with Gasteiger partial charge in [-0.25, -0.2) is 0 Å². The van der Waals surface area contributed by atoms with E-state index < -0.39 is 0 Å². The van der Waals surface area contributed by atoms with Crippen molar-refractivity contribution in [1.29, 1.82) is 0 Å². The number of fused-ring (bicyclic) bond motifs is 1. The Hall–Kier alpha value is -2.44. The van der Waals surface area contributed by atoms with Gasteiger partial charge in [0.15, 0.2) is 0 Å². The van der Waals surface area contributed by atoms with E-state index in [1.54, 1.807) is 22.1 Å². The van der Waals surface area contributed by atoms with Crippen molar-refractivity contribution in [2.24, 2.45) is 0 Å².